The predicted octanol–water partition coefficient (Wildman–Crippen LogP) is 3.92. The molecule has 2 heterocycles. The van der Waals surface area contributed by atoms with Crippen LogP contribution in [0.15, 0.2) is 47.3 Å². The Labute approximate surface area is 169 Å². The Morgan fingerprint density at radius 2 is 1.83 bits per heavy atom. The van der Waals surface area contributed by atoms with Crippen LogP contribution in [0.5, 0.6) is 0 Å². The maximum Gasteiger partial charge on any atom is 0.416 e. The van der Waals surface area contributed by atoms with E-state index in [2.05, 4.69) is 14.9 Å². The summed E-state index contributed by atoms with van der Waals surface area (Å²) in [6, 6.07) is 10.4. The largest absolute Gasteiger partial charge is 0.416 e. The average molecular weight is 423 g/mol. The summed E-state index contributed by atoms with van der Waals surface area (Å²) in [5, 5.41) is 0.916. The Hall–Kier alpha value is -2.58. The molecule has 0 spiro atoms. The van der Waals surface area contributed by atoms with Gasteiger partial charge in [-0.15, -0.1) is 0 Å². The molecular formula is C20H18ClF3N4O. The van der Waals surface area contributed by atoms with Crippen molar-refractivity contribution < 1.29 is 13.2 Å². The van der Waals surface area contributed by atoms with E-state index in [0.717, 1.165) is 6.07 Å². The maximum atomic E-state index is 12.9. The number of rotatable bonds is 3. The van der Waals surface area contributed by atoms with Crippen LogP contribution in [-0.2, 0) is 12.7 Å². The fraction of sp³-hybridized carbons (Fsp3) is 0.300. The first-order valence-electron chi connectivity index (χ1n) is 9.12. The van der Waals surface area contributed by atoms with Crippen LogP contribution in [0.2, 0.25) is 5.02 Å². The number of alkyl halides is 3. The zero-order chi connectivity index (χ0) is 20.6. The van der Waals surface area contributed by atoms with Crippen molar-refractivity contribution >= 4 is 28.2 Å². The maximum absolute atomic E-state index is 12.9. The monoisotopic (exact) mass is 422 g/mol. The van der Waals surface area contributed by atoms with E-state index in [-0.39, 0.29) is 5.56 Å². The minimum atomic E-state index is -4.35. The van der Waals surface area contributed by atoms with Crippen LogP contribution in [0.1, 0.15) is 11.4 Å². The molecule has 3 aromatic rings. The zero-order valence-corrected chi connectivity index (χ0v) is 16.1. The highest BCUT2D eigenvalue weighted by atomic mass is 35.5. The summed E-state index contributed by atoms with van der Waals surface area (Å²) >= 11 is 5.93. The van der Waals surface area contributed by atoms with Crippen LogP contribution in [0, 0.1) is 0 Å². The Kier molecular flexibility index (Phi) is 5.23. The number of fused-ring (bicyclic) bond motifs is 1. The second-order valence-corrected chi connectivity index (χ2v) is 7.42. The topological polar surface area (TPSA) is 52.2 Å². The van der Waals surface area contributed by atoms with Gasteiger partial charge in [-0.05, 0) is 36.4 Å². The fourth-order valence-electron chi connectivity index (χ4n) is 3.49. The van der Waals surface area contributed by atoms with Gasteiger partial charge in [-0.25, -0.2) is 4.98 Å². The number of aromatic amines is 1. The third-order valence-corrected chi connectivity index (χ3v) is 5.24. The van der Waals surface area contributed by atoms with E-state index in [1.165, 1.54) is 12.1 Å². The summed E-state index contributed by atoms with van der Waals surface area (Å²) in [6.45, 7) is 2.95. The van der Waals surface area contributed by atoms with Crippen molar-refractivity contribution in [3.63, 3.8) is 0 Å². The van der Waals surface area contributed by atoms with Crippen molar-refractivity contribution in [2.24, 2.45) is 0 Å². The third kappa shape index (κ3) is 4.38. The summed E-state index contributed by atoms with van der Waals surface area (Å²) in [7, 11) is 0. The number of nitrogens with one attached hydrogen (secondary N) is 1. The van der Waals surface area contributed by atoms with E-state index in [4.69, 9.17) is 11.6 Å². The molecule has 1 aliphatic heterocycles. The molecule has 0 radical (unpaired) electrons. The SMILES string of the molecule is O=c1[nH]c(CN2CCN(c3cccc(C(F)(F)F)c3)CC2)nc2ccc(Cl)cc12. The second kappa shape index (κ2) is 7.68. The molecule has 0 unspecified atom stereocenters. The third-order valence-electron chi connectivity index (χ3n) is 5.00. The highest BCUT2D eigenvalue weighted by Gasteiger charge is 2.31. The summed E-state index contributed by atoms with van der Waals surface area (Å²) in [5.74, 6) is 0.553. The van der Waals surface area contributed by atoms with Crippen LogP contribution in [0.25, 0.3) is 10.9 Å². The Morgan fingerprint density at radius 3 is 2.55 bits per heavy atom. The highest BCUT2D eigenvalue weighted by molar-refractivity contribution is 6.31. The predicted molar refractivity (Wildman–Crippen MR) is 106 cm³/mol. The Bertz CT molecular complexity index is 1090. The van der Waals surface area contributed by atoms with Gasteiger partial charge in [-0.2, -0.15) is 13.2 Å². The van der Waals surface area contributed by atoms with Gasteiger partial charge in [-0.3, -0.25) is 9.69 Å². The molecule has 1 saturated heterocycles. The fourth-order valence-corrected chi connectivity index (χ4v) is 3.66. The van der Waals surface area contributed by atoms with Crippen molar-refractivity contribution in [2.45, 2.75) is 12.7 Å². The van der Waals surface area contributed by atoms with Crippen LogP contribution in [0.4, 0.5) is 18.9 Å². The molecule has 152 valence electrons. The molecule has 5 nitrogen and oxygen atoms in total. The molecule has 0 aliphatic carbocycles. The summed E-state index contributed by atoms with van der Waals surface area (Å²) < 4.78 is 38.8. The minimum absolute atomic E-state index is 0.241. The van der Waals surface area contributed by atoms with Crippen LogP contribution >= 0.6 is 11.6 Å². The molecule has 0 bridgehead atoms. The zero-order valence-electron chi connectivity index (χ0n) is 15.3. The van der Waals surface area contributed by atoms with Gasteiger partial charge in [0.25, 0.3) is 5.56 Å². The van der Waals surface area contributed by atoms with E-state index in [9.17, 15) is 18.0 Å². The molecule has 1 N–H and O–H groups in total. The number of H-pyrrole nitrogens is 1. The molecule has 0 saturated carbocycles. The van der Waals surface area contributed by atoms with E-state index in [1.807, 2.05) is 4.90 Å². The number of anilines is 1. The highest BCUT2D eigenvalue weighted by Crippen LogP contribution is 2.31. The summed E-state index contributed by atoms with van der Waals surface area (Å²) in [5.41, 5.74) is 0.259. The van der Waals surface area contributed by atoms with E-state index in [0.29, 0.717) is 60.2 Å². The van der Waals surface area contributed by atoms with Crippen molar-refractivity contribution in [3.05, 3.63) is 69.2 Å². The van der Waals surface area contributed by atoms with Crippen molar-refractivity contribution in [3.8, 4) is 0 Å². The van der Waals surface area contributed by atoms with Gasteiger partial charge in [0.1, 0.15) is 5.82 Å². The first-order chi connectivity index (χ1) is 13.8. The molecule has 1 fully saturated rings. The number of hydrogen-bond donors (Lipinski definition) is 1. The summed E-state index contributed by atoms with van der Waals surface area (Å²) in [4.78, 5) is 23.6. The van der Waals surface area contributed by atoms with Gasteiger partial charge in [0.2, 0.25) is 0 Å². The van der Waals surface area contributed by atoms with Gasteiger partial charge in [0, 0.05) is 36.9 Å². The molecule has 2 aromatic carbocycles. The lowest BCUT2D eigenvalue weighted by Crippen LogP contribution is -2.46. The van der Waals surface area contributed by atoms with E-state index < -0.39 is 11.7 Å². The average Bonchev–Trinajstić information content (AvgIpc) is 2.69. The van der Waals surface area contributed by atoms with Crippen molar-refractivity contribution in [1.82, 2.24) is 14.9 Å². The summed E-state index contributed by atoms with van der Waals surface area (Å²) in [6.07, 6.45) is -4.35. The molecule has 4 rings (SSSR count). The van der Waals surface area contributed by atoms with Crippen molar-refractivity contribution in [2.75, 3.05) is 31.1 Å². The number of hydrogen-bond acceptors (Lipinski definition) is 4. The van der Waals surface area contributed by atoms with Gasteiger partial charge in [0.05, 0.1) is 23.0 Å². The number of nitrogens with zero attached hydrogens (tertiary/aromatic N) is 3. The molecule has 1 aromatic heterocycles. The molecule has 1 aliphatic rings. The van der Waals surface area contributed by atoms with Gasteiger partial charge in [0.15, 0.2) is 0 Å². The Morgan fingerprint density at radius 1 is 1.07 bits per heavy atom. The number of piperazine rings is 1. The van der Waals surface area contributed by atoms with Gasteiger partial charge >= 0.3 is 6.18 Å². The normalized spacial score (nSPS) is 15.8. The lowest BCUT2D eigenvalue weighted by molar-refractivity contribution is -0.137. The smallest absolute Gasteiger partial charge is 0.369 e. The van der Waals surface area contributed by atoms with E-state index in [1.54, 1.807) is 24.3 Å². The molecule has 29 heavy (non-hydrogen) atoms. The van der Waals surface area contributed by atoms with Gasteiger partial charge < -0.3 is 9.88 Å². The molecule has 9 heteroatoms. The standard InChI is InChI=1S/C20H18ClF3N4O/c21-14-4-5-17-16(11-14)19(29)26-18(25-17)12-27-6-8-28(9-7-27)15-3-1-2-13(10-15)20(22,23)24/h1-5,10-11H,6-9,12H2,(H,25,26,29). The number of benzene rings is 2. The molecule has 0 amide bonds. The van der Waals surface area contributed by atoms with Crippen LogP contribution < -0.4 is 10.5 Å². The lowest BCUT2D eigenvalue weighted by atomic mass is 10.1. The minimum Gasteiger partial charge on any atom is -0.369 e. The van der Waals surface area contributed by atoms with Crippen LogP contribution in [0.3, 0.4) is 0 Å². The second-order valence-electron chi connectivity index (χ2n) is 6.99. The van der Waals surface area contributed by atoms with E-state index >= 15 is 0 Å². The number of aromatic nitrogens is 2. The first-order valence-corrected chi connectivity index (χ1v) is 9.50. The first kappa shape index (κ1) is 19.7. The molecule has 0 atom stereocenters. The van der Waals surface area contributed by atoms with Crippen molar-refractivity contribution in [1.29, 1.82) is 0 Å². The van der Waals surface area contributed by atoms with Gasteiger partial charge in [-0.1, -0.05) is 17.7 Å². The molecular weight excluding hydrogens is 405 g/mol. The lowest BCUT2D eigenvalue weighted by Gasteiger charge is -2.36. The number of halogens is 4. The quantitative estimate of drug-likeness (QED) is 0.695. The van der Waals surface area contributed by atoms with Crippen LogP contribution in [-0.4, -0.2) is 41.0 Å². The Balaban J connectivity index is 1.44.